The molecule has 0 aliphatic rings. The average molecular weight is 296 g/mol. The van der Waals surface area contributed by atoms with Crippen LogP contribution < -0.4 is 26.1 Å². The van der Waals surface area contributed by atoms with Crippen LogP contribution in [0.3, 0.4) is 0 Å². The summed E-state index contributed by atoms with van der Waals surface area (Å²) in [5.41, 5.74) is 2.47. The summed E-state index contributed by atoms with van der Waals surface area (Å²) in [7, 11) is 2.97. The van der Waals surface area contributed by atoms with Gasteiger partial charge in [-0.3, -0.25) is 0 Å². The highest BCUT2D eigenvalue weighted by Crippen LogP contribution is 2.32. The third-order valence-electron chi connectivity index (χ3n) is 2.73. The summed E-state index contributed by atoms with van der Waals surface area (Å²) in [6.07, 6.45) is 0. The van der Waals surface area contributed by atoms with Crippen molar-refractivity contribution in [2.24, 2.45) is 5.84 Å². The first-order valence-corrected chi connectivity index (χ1v) is 5.90. The Bertz CT molecular complexity index is 652. The summed E-state index contributed by atoms with van der Waals surface area (Å²) in [4.78, 5) is 3.72. The predicted molar refractivity (Wildman–Crippen MR) is 74.8 cm³/mol. The highest BCUT2D eigenvalue weighted by Gasteiger charge is 2.13. The summed E-state index contributed by atoms with van der Waals surface area (Å²) in [5.74, 6) is 3.87. The van der Waals surface area contributed by atoms with Crippen LogP contribution in [0.4, 0.5) is 26.1 Å². The maximum absolute atomic E-state index is 13.8. The molecule has 0 saturated carbocycles. The van der Waals surface area contributed by atoms with Crippen molar-refractivity contribution in [2.75, 3.05) is 25.0 Å². The standard InChI is InChI=1S/C13H14F2N4O2/c1-20-7-3-4-11(21-2)10(5-7)17-12-8(14)6-9(15)13(18-12)19-16/h3-6H,16H2,1-2H3,(H2,17,18,19). The molecule has 1 aromatic heterocycles. The number of nitrogens with zero attached hydrogens (tertiary/aromatic N) is 1. The minimum atomic E-state index is -0.891. The van der Waals surface area contributed by atoms with Crippen molar-refractivity contribution in [3.8, 4) is 11.5 Å². The fourth-order valence-corrected chi connectivity index (χ4v) is 1.69. The van der Waals surface area contributed by atoms with Gasteiger partial charge in [-0.05, 0) is 12.1 Å². The number of hydrazine groups is 1. The number of nitrogens with one attached hydrogen (secondary N) is 2. The van der Waals surface area contributed by atoms with Gasteiger partial charge < -0.3 is 20.2 Å². The van der Waals surface area contributed by atoms with Crippen LogP contribution in [0.25, 0.3) is 0 Å². The second-order valence-corrected chi connectivity index (χ2v) is 3.98. The van der Waals surface area contributed by atoms with Gasteiger partial charge in [0, 0.05) is 12.1 Å². The van der Waals surface area contributed by atoms with Gasteiger partial charge in [-0.25, -0.2) is 19.6 Å². The SMILES string of the molecule is COc1ccc(OC)c(Nc2nc(NN)c(F)cc2F)c1. The molecule has 0 saturated heterocycles. The van der Waals surface area contributed by atoms with Gasteiger partial charge in [0.25, 0.3) is 0 Å². The lowest BCUT2D eigenvalue weighted by Gasteiger charge is -2.13. The lowest BCUT2D eigenvalue weighted by atomic mass is 10.2. The van der Waals surface area contributed by atoms with Crippen LogP contribution in [-0.4, -0.2) is 19.2 Å². The number of methoxy groups -OCH3 is 2. The van der Waals surface area contributed by atoms with E-state index in [1.54, 1.807) is 18.2 Å². The van der Waals surface area contributed by atoms with Crippen molar-refractivity contribution in [1.82, 2.24) is 4.98 Å². The van der Waals surface area contributed by atoms with E-state index in [4.69, 9.17) is 15.3 Å². The van der Waals surface area contributed by atoms with E-state index in [9.17, 15) is 8.78 Å². The predicted octanol–water partition coefficient (Wildman–Crippen LogP) is 2.41. The molecule has 0 fully saturated rings. The molecule has 112 valence electrons. The third kappa shape index (κ3) is 3.11. The second-order valence-electron chi connectivity index (χ2n) is 3.98. The largest absolute Gasteiger partial charge is 0.497 e. The van der Waals surface area contributed by atoms with Crippen LogP contribution in [0, 0.1) is 11.6 Å². The number of benzene rings is 1. The number of nitrogens with two attached hydrogens (primary N) is 1. The number of hydrogen-bond donors (Lipinski definition) is 3. The fourth-order valence-electron chi connectivity index (χ4n) is 1.69. The van der Waals surface area contributed by atoms with E-state index in [0.717, 1.165) is 0 Å². The molecule has 2 aromatic rings. The molecule has 2 rings (SSSR count). The van der Waals surface area contributed by atoms with Crippen molar-refractivity contribution in [3.05, 3.63) is 35.9 Å². The van der Waals surface area contributed by atoms with Crippen molar-refractivity contribution < 1.29 is 18.3 Å². The molecule has 6 nitrogen and oxygen atoms in total. The first-order chi connectivity index (χ1) is 10.1. The normalized spacial score (nSPS) is 10.1. The number of rotatable bonds is 5. The minimum absolute atomic E-state index is 0.198. The van der Waals surface area contributed by atoms with E-state index >= 15 is 0 Å². The van der Waals surface area contributed by atoms with E-state index in [0.29, 0.717) is 23.3 Å². The molecule has 0 atom stereocenters. The molecule has 8 heteroatoms. The van der Waals surface area contributed by atoms with E-state index < -0.39 is 11.6 Å². The van der Waals surface area contributed by atoms with Gasteiger partial charge in [0.1, 0.15) is 11.5 Å². The van der Waals surface area contributed by atoms with Crippen LogP contribution in [0.2, 0.25) is 0 Å². The number of aromatic nitrogens is 1. The average Bonchev–Trinajstić information content (AvgIpc) is 2.49. The number of ether oxygens (including phenoxy) is 2. The van der Waals surface area contributed by atoms with E-state index in [1.807, 2.05) is 0 Å². The molecule has 0 radical (unpaired) electrons. The Hall–Kier alpha value is -2.61. The summed E-state index contributed by atoms with van der Waals surface area (Å²) in [6, 6.07) is 5.60. The number of pyridine rings is 1. The Morgan fingerprint density at radius 2 is 1.76 bits per heavy atom. The Labute approximate surface area is 119 Å². The van der Waals surface area contributed by atoms with Crippen molar-refractivity contribution in [3.63, 3.8) is 0 Å². The van der Waals surface area contributed by atoms with Gasteiger partial charge in [-0.1, -0.05) is 0 Å². The van der Waals surface area contributed by atoms with Crippen LogP contribution >= 0.6 is 0 Å². The molecule has 21 heavy (non-hydrogen) atoms. The van der Waals surface area contributed by atoms with Crippen molar-refractivity contribution in [2.45, 2.75) is 0 Å². The Morgan fingerprint density at radius 1 is 1.05 bits per heavy atom. The fraction of sp³-hybridized carbons (Fsp3) is 0.154. The van der Waals surface area contributed by atoms with Crippen molar-refractivity contribution in [1.29, 1.82) is 0 Å². The summed E-state index contributed by atoms with van der Waals surface area (Å²) in [6.45, 7) is 0. The van der Waals surface area contributed by atoms with Gasteiger partial charge in [0.2, 0.25) is 0 Å². The Balaban J connectivity index is 2.41. The molecule has 0 unspecified atom stereocenters. The Kier molecular flexibility index (Phi) is 4.39. The van der Waals surface area contributed by atoms with Crippen molar-refractivity contribution >= 4 is 17.3 Å². The number of halogens is 2. The van der Waals surface area contributed by atoms with Gasteiger partial charge in [-0.15, -0.1) is 0 Å². The zero-order valence-corrected chi connectivity index (χ0v) is 11.4. The molecule has 4 N–H and O–H groups in total. The summed E-state index contributed by atoms with van der Waals surface area (Å²) < 4.78 is 37.3. The van der Waals surface area contributed by atoms with E-state index in [2.05, 4.69) is 15.7 Å². The molecule has 1 aromatic carbocycles. The Morgan fingerprint density at radius 3 is 2.38 bits per heavy atom. The number of nitrogen functional groups attached to an aromatic ring is 1. The maximum atomic E-state index is 13.8. The zero-order valence-electron chi connectivity index (χ0n) is 11.4. The molecule has 0 aliphatic carbocycles. The highest BCUT2D eigenvalue weighted by atomic mass is 19.1. The first-order valence-electron chi connectivity index (χ1n) is 5.90. The third-order valence-corrected chi connectivity index (χ3v) is 2.73. The lowest BCUT2D eigenvalue weighted by Crippen LogP contribution is -2.12. The summed E-state index contributed by atoms with van der Waals surface area (Å²) in [5, 5.41) is 2.72. The van der Waals surface area contributed by atoms with Crippen LogP contribution in [0.15, 0.2) is 24.3 Å². The summed E-state index contributed by atoms with van der Waals surface area (Å²) >= 11 is 0. The quantitative estimate of drug-likeness (QED) is 0.580. The van der Waals surface area contributed by atoms with Gasteiger partial charge in [0.05, 0.1) is 19.9 Å². The van der Waals surface area contributed by atoms with Gasteiger partial charge >= 0.3 is 0 Å². The molecule has 0 aliphatic heterocycles. The van der Waals surface area contributed by atoms with Gasteiger partial charge in [-0.2, -0.15) is 0 Å². The number of hydrogen-bond acceptors (Lipinski definition) is 6. The zero-order chi connectivity index (χ0) is 15.4. The van der Waals surface area contributed by atoms with E-state index in [-0.39, 0.29) is 11.6 Å². The van der Waals surface area contributed by atoms with Crippen LogP contribution in [0.5, 0.6) is 11.5 Å². The number of anilines is 3. The van der Waals surface area contributed by atoms with Crippen LogP contribution in [0.1, 0.15) is 0 Å². The van der Waals surface area contributed by atoms with E-state index in [1.165, 1.54) is 14.2 Å². The smallest absolute Gasteiger partial charge is 0.178 e. The molecule has 0 spiro atoms. The maximum Gasteiger partial charge on any atom is 0.178 e. The van der Waals surface area contributed by atoms with Crippen LogP contribution in [-0.2, 0) is 0 Å². The highest BCUT2D eigenvalue weighted by molar-refractivity contribution is 5.67. The topological polar surface area (TPSA) is 81.4 Å². The molecule has 0 bridgehead atoms. The minimum Gasteiger partial charge on any atom is -0.497 e. The molecule has 1 heterocycles. The molecular weight excluding hydrogens is 282 g/mol. The molecule has 0 amide bonds. The van der Waals surface area contributed by atoms with Gasteiger partial charge in [0.15, 0.2) is 23.3 Å². The lowest BCUT2D eigenvalue weighted by molar-refractivity contribution is 0.404. The monoisotopic (exact) mass is 296 g/mol. The first kappa shape index (κ1) is 14.8. The molecular formula is C13H14F2N4O2. The second kappa shape index (κ2) is 6.23.